The summed E-state index contributed by atoms with van der Waals surface area (Å²) in [5, 5.41) is 0. The number of methoxy groups -OCH3 is 1. The summed E-state index contributed by atoms with van der Waals surface area (Å²) in [6.07, 6.45) is 0.899. The van der Waals surface area contributed by atoms with Crippen LogP contribution in [0.2, 0.25) is 0 Å². The first-order valence-corrected chi connectivity index (χ1v) is 9.98. The number of benzene rings is 3. The summed E-state index contributed by atoms with van der Waals surface area (Å²) >= 11 is 0. The Labute approximate surface area is 175 Å². The highest BCUT2D eigenvalue weighted by molar-refractivity contribution is 5.98. The average molecular weight is 398 g/mol. The molecule has 2 bridgehead atoms. The number of aldehydes is 1. The normalized spacial score (nSPS) is 14.1. The lowest BCUT2D eigenvalue weighted by Gasteiger charge is -2.45. The van der Waals surface area contributed by atoms with Crippen molar-refractivity contribution >= 4 is 23.6 Å². The van der Waals surface area contributed by atoms with Crippen LogP contribution in [0.1, 0.15) is 37.4 Å². The molecule has 150 valence electrons. The van der Waals surface area contributed by atoms with Gasteiger partial charge in [0.05, 0.1) is 19.3 Å². The Morgan fingerprint density at radius 3 is 2.37 bits per heavy atom. The van der Waals surface area contributed by atoms with Crippen molar-refractivity contribution < 1.29 is 14.3 Å². The van der Waals surface area contributed by atoms with Crippen molar-refractivity contribution in [2.75, 3.05) is 23.6 Å². The maximum atomic E-state index is 12.3. The fourth-order valence-corrected chi connectivity index (χ4v) is 4.66. The van der Waals surface area contributed by atoms with Gasteiger partial charge in [0.2, 0.25) is 0 Å². The van der Waals surface area contributed by atoms with Gasteiger partial charge in [-0.3, -0.25) is 4.79 Å². The summed E-state index contributed by atoms with van der Waals surface area (Å²) in [6.45, 7) is 4.41. The van der Waals surface area contributed by atoms with Gasteiger partial charge in [0.15, 0.2) is 0 Å². The van der Waals surface area contributed by atoms with Gasteiger partial charge in [-0.1, -0.05) is 18.2 Å². The summed E-state index contributed by atoms with van der Waals surface area (Å²) < 4.78 is 5.00. The smallest absolute Gasteiger partial charge is 0.338 e. The molecule has 3 aromatic rings. The van der Waals surface area contributed by atoms with Crippen LogP contribution in [0.25, 0.3) is 11.1 Å². The zero-order valence-electron chi connectivity index (χ0n) is 17.0. The van der Waals surface area contributed by atoms with Gasteiger partial charge in [-0.25, -0.2) is 4.79 Å². The Kier molecular flexibility index (Phi) is 4.31. The molecule has 0 fully saturated rings. The highest BCUT2D eigenvalue weighted by Gasteiger charge is 2.30. The summed E-state index contributed by atoms with van der Waals surface area (Å²) in [6, 6.07) is 18.0. The van der Waals surface area contributed by atoms with E-state index in [1.54, 1.807) is 0 Å². The van der Waals surface area contributed by atoms with Gasteiger partial charge in [-0.15, -0.1) is 0 Å². The van der Waals surface area contributed by atoms with Crippen molar-refractivity contribution in [2.45, 2.75) is 20.0 Å². The van der Waals surface area contributed by atoms with Gasteiger partial charge in [0.1, 0.15) is 6.29 Å². The van der Waals surface area contributed by atoms with E-state index in [0.717, 1.165) is 42.7 Å². The van der Waals surface area contributed by atoms with Crippen molar-refractivity contribution in [3.8, 4) is 11.1 Å². The zero-order chi connectivity index (χ0) is 20.8. The summed E-state index contributed by atoms with van der Waals surface area (Å²) in [7, 11) is 1.41. The molecule has 0 saturated heterocycles. The van der Waals surface area contributed by atoms with E-state index in [9.17, 15) is 9.59 Å². The molecule has 0 saturated carbocycles. The second-order valence-corrected chi connectivity index (χ2v) is 7.88. The van der Waals surface area contributed by atoms with Crippen LogP contribution in [0.4, 0.5) is 11.4 Å². The van der Waals surface area contributed by atoms with E-state index in [1.807, 2.05) is 43.3 Å². The molecule has 2 heterocycles. The first-order valence-electron chi connectivity index (χ1n) is 9.98. The first kappa shape index (κ1) is 18.4. The molecule has 30 heavy (non-hydrogen) atoms. The van der Waals surface area contributed by atoms with Crippen LogP contribution >= 0.6 is 0 Å². The van der Waals surface area contributed by atoms with E-state index in [-0.39, 0.29) is 5.97 Å². The van der Waals surface area contributed by atoms with Gasteiger partial charge >= 0.3 is 5.97 Å². The third-order valence-corrected chi connectivity index (χ3v) is 6.03. The summed E-state index contributed by atoms with van der Waals surface area (Å²) in [4.78, 5) is 28.2. The molecule has 0 aromatic heterocycles. The Balaban J connectivity index is 1.57. The van der Waals surface area contributed by atoms with Gasteiger partial charge in [-0.2, -0.15) is 0 Å². The number of hydrogen-bond donors (Lipinski definition) is 0. The number of anilines is 2. The topological polar surface area (TPSA) is 49.9 Å². The van der Waals surface area contributed by atoms with E-state index >= 15 is 0 Å². The molecular formula is C25H22N2O3. The van der Waals surface area contributed by atoms with E-state index in [0.29, 0.717) is 11.1 Å². The Hall–Kier alpha value is -3.60. The second-order valence-electron chi connectivity index (χ2n) is 7.88. The SMILES string of the molecule is COC(=O)c1cccc(C)c1-c1ccc2c(c1)CN1CN2Cc2cc(C=O)ccc21. The molecule has 2 aliphatic heterocycles. The second kappa shape index (κ2) is 7.02. The van der Waals surface area contributed by atoms with Crippen LogP contribution in [0.5, 0.6) is 0 Å². The summed E-state index contributed by atoms with van der Waals surface area (Å²) in [5.74, 6) is -0.323. The fourth-order valence-electron chi connectivity index (χ4n) is 4.66. The van der Waals surface area contributed by atoms with E-state index in [4.69, 9.17) is 4.74 Å². The molecule has 0 atom stereocenters. The lowest BCUT2D eigenvalue weighted by atomic mass is 9.92. The molecule has 0 aliphatic carbocycles. The Morgan fingerprint density at radius 2 is 1.67 bits per heavy atom. The molecule has 5 rings (SSSR count). The first-order chi connectivity index (χ1) is 14.6. The Bertz CT molecular complexity index is 1190. The minimum Gasteiger partial charge on any atom is -0.465 e. The lowest BCUT2D eigenvalue weighted by molar-refractivity contribution is 0.0601. The van der Waals surface area contributed by atoms with Crippen LogP contribution < -0.4 is 9.80 Å². The third kappa shape index (κ3) is 2.86. The van der Waals surface area contributed by atoms with Gasteiger partial charge in [0, 0.05) is 30.0 Å². The average Bonchev–Trinajstić information content (AvgIpc) is 2.77. The summed E-state index contributed by atoms with van der Waals surface area (Å²) in [5.41, 5.74) is 9.05. The number of ether oxygens (including phenoxy) is 1. The monoisotopic (exact) mass is 398 g/mol. The minimum absolute atomic E-state index is 0.323. The molecular weight excluding hydrogens is 376 g/mol. The van der Waals surface area contributed by atoms with E-state index in [2.05, 4.69) is 28.0 Å². The predicted molar refractivity (Wildman–Crippen MR) is 117 cm³/mol. The van der Waals surface area contributed by atoms with Crippen molar-refractivity contribution in [2.24, 2.45) is 0 Å². The molecule has 0 unspecified atom stereocenters. The number of nitrogens with zero attached hydrogens (tertiary/aromatic N) is 2. The maximum absolute atomic E-state index is 12.3. The van der Waals surface area contributed by atoms with E-state index < -0.39 is 0 Å². The third-order valence-electron chi connectivity index (χ3n) is 6.03. The highest BCUT2D eigenvalue weighted by atomic mass is 16.5. The quantitative estimate of drug-likeness (QED) is 0.478. The molecule has 3 aromatic carbocycles. The number of esters is 1. The van der Waals surface area contributed by atoms with Crippen LogP contribution in [0, 0.1) is 6.92 Å². The Morgan fingerprint density at radius 1 is 0.967 bits per heavy atom. The van der Waals surface area contributed by atoms with Crippen LogP contribution in [-0.2, 0) is 17.8 Å². The van der Waals surface area contributed by atoms with Crippen LogP contribution in [-0.4, -0.2) is 26.0 Å². The number of aryl methyl sites for hydroxylation is 1. The minimum atomic E-state index is -0.323. The largest absolute Gasteiger partial charge is 0.465 e. The number of carbonyl (C=O) groups excluding carboxylic acids is 2. The molecule has 0 spiro atoms. The highest BCUT2D eigenvalue weighted by Crippen LogP contribution is 2.40. The van der Waals surface area contributed by atoms with Gasteiger partial charge in [0.25, 0.3) is 0 Å². The molecule has 0 radical (unpaired) electrons. The van der Waals surface area contributed by atoms with Crippen molar-refractivity contribution in [1.29, 1.82) is 0 Å². The maximum Gasteiger partial charge on any atom is 0.338 e. The van der Waals surface area contributed by atoms with Crippen LogP contribution in [0.15, 0.2) is 54.6 Å². The van der Waals surface area contributed by atoms with Gasteiger partial charge in [-0.05, 0) is 71.1 Å². The number of carbonyl (C=O) groups is 2. The number of fused-ring (bicyclic) bond motifs is 6. The van der Waals surface area contributed by atoms with Gasteiger partial charge < -0.3 is 14.5 Å². The molecule has 2 aliphatic rings. The fraction of sp³-hybridized carbons (Fsp3) is 0.200. The van der Waals surface area contributed by atoms with Crippen LogP contribution in [0.3, 0.4) is 0 Å². The number of rotatable bonds is 3. The van der Waals surface area contributed by atoms with Crippen molar-refractivity contribution in [3.63, 3.8) is 0 Å². The van der Waals surface area contributed by atoms with Crippen molar-refractivity contribution in [3.05, 3.63) is 82.4 Å². The zero-order valence-corrected chi connectivity index (χ0v) is 17.0. The van der Waals surface area contributed by atoms with Crippen molar-refractivity contribution in [1.82, 2.24) is 0 Å². The standard InChI is InChI=1S/C25H22N2O3/c1-16-4-3-5-21(25(29)30-2)24(16)18-7-9-23-20(11-18)13-27-15-26(23)12-19-10-17(14-28)6-8-22(19)27/h3-11,14H,12-13,15H2,1-2H3. The molecule has 0 amide bonds. The molecule has 0 N–H and O–H groups in total. The molecule has 5 nitrogen and oxygen atoms in total. The lowest BCUT2D eigenvalue weighted by Crippen LogP contribution is -2.46. The molecule has 5 heteroatoms. The number of hydrogen-bond acceptors (Lipinski definition) is 5. The predicted octanol–water partition coefficient (Wildman–Crippen LogP) is 4.56. The van der Waals surface area contributed by atoms with E-state index in [1.165, 1.54) is 29.6 Å².